The number of nitrogens with one attached hydrogen (secondary N) is 2. The number of hydrogen-bond donors (Lipinski definition) is 2. The molecule has 0 aliphatic heterocycles. The fraction of sp³-hybridized carbons (Fsp3) is 0.389. The summed E-state index contributed by atoms with van der Waals surface area (Å²) in [6, 6.07) is 9.98. The minimum atomic E-state index is -0.126. The Morgan fingerprint density at radius 3 is 2.88 bits per heavy atom. The predicted molar refractivity (Wildman–Crippen MR) is 92.4 cm³/mol. The number of hydrogen-bond acceptors (Lipinski definition) is 5. The van der Waals surface area contributed by atoms with Crippen LogP contribution in [0, 0.1) is 6.92 Å². The van der Waals surface area contributed by atoms with Gasteiger partial charge in [-0.1, -0.05) is 12.1 Å². The van der Waals surface area contributed by atoms with Gasteiger partial charge in [0.15, 0.2) is 0 Å². The van der Waals surface area contributed by atoms with Crippen LogP contribution in [0.15, 0.2) is 30.3 Å². The number of anilines is 1. The SMILES string of the molecule is COc1cccc(CCNc2nc(C)cc(C(=O)NC3CC3)n2)c1. The second-order valence-corrected chi connectivity index (χ2v) is 5.99. The van der Waals surface area contributed by atoms with Crippen LogP contribution in [0.4, 0.5) is 5.95 Å². The summed E-state index contributed by atoms with van der Waals surface area (Å²) in [4.78, 5) is 20.8. The summed E-state index contributed by atoms with van der Waals surface area (Å²) in [5.41, 5.74) is 2.36. The van der Waals surface area contributed by atoms with E-state index in [0.717, 1.165) is 30.7 Å². The van der Waals surface area contributed by atoms with Gasteiger partial charge in [-0.3, -0.25) is 4.79 Å². The molecule has 1 saturated carbocycles. The highest BCUT2D eigenvalue weighted by atomic mass is 16.5. The smallest absolute Gasteiger partial charge is 0.270 e. The van der Waals surface area contributed by atoms with Crippen LogP contribution in [0.1, 0.15) is 34.6 Å². The molecule has 1 aliphatic carbocycles. The van der Waals surface area contributed by atoms with Gasteiger partial charge in [0.1, 0.15) is 11.4 Å². The quantitative estimate of drug-likeness (QED) is 0.817. The number of amides is 1. The number of aromatic nitrogens is 2. The van der Waals surface area contributed by atoms with Gasteiger partial charge in [-0.2, -0.15) is 0 Å². The van der Waals surface area contributed by atoms with Crippen molar-refractivity contribution in [3.63, 3.8) is 0 Å². The van der Waals surface area contributed by atoms with Crippen molar-refractivity contribution >= 4 is 11.9 Å². The molecule has 3 rings (SSSR count). The van der Waals surface area contributed by atoms with Crippen LogP contribution in [-0.4, -0.2) is 35.6 Å². The third-order valence-electron chi connectivity index (χ3n) is 3.83. The van der Waals surface area contributed by atoms with Gasteiger partial charge in [0.05, 0.1) is 7.11 Å². The second-order valence-electron chi connectivity index (χ2n) is 5.99. The highest BCUT2D eigenvalue weighted by Gasteiger charge is 2.24. The van der Waals surface area contributed by atoms with Gasteiger partial charge in [-0.15, -0.1) is 0 Å². The van der Waals surface area contributed by atoms with Gasteiger partial charge >= 0.3 is 0 Å². The largest absolute Gasteiger partial charge is 0.497 e. The fourth-order valence-corrected chi connectivity index (χ4v) is 2.40. The fourth-order valence-electron chi connectivity index (χ4n) is 2.40. The number of carbonyl (C=O) groups is 1. The van der Waals surface area contributed by atoms with E-state index in [4.69, 9.17) is 4.74 Å². The lowest BCUT2D eigenvalue weighted by molar-refractivity contribution is 0.0946. The molecule has 0 saturated heterocycles. The van der Waals surface area contributed by atoms with Gasteiger partial charge < -0.3 is 15.4 Å². The second kappa shape index (κ2) is 7.29. The van der Waals surface area contributed by atoms with E-state index in [1.807, 2.05) is 25.1 Å². The summed E-state index contributed by atoms with van der Waals surface area (Å²) >= 11 is 0. The minimum absolute atomic E-state index is 0.126. The Balaban J connectivity index is 1.59. The molecule has 1 aromatic heterocycles. The van der Waals surface area contributed by atoms with Gasteiger partial charge in [0, 0.05) is 18.3 Å². The summed E-state index contributed by atoms with van der Waals surface area (Å²) in [7, 11) is 1.66. The molecule has 1 aromatic carbocycles. The molecule has 6 nitrogen and oxygen atoms in total. The summed E-state index contributed by atoms with van der Waals surface area (Å²) in [6.07, 6.45) is 2.93. The average molecular weight is 326 g/mol. The van der Waals surface area contributed by atoms with Crippen LogP contribution in [0.3, 0.4) is 0 Å². The zero-order chi connectivity index (χ0) is 16.9. The molecule has 1 amide bonds. The Morgan fingerprint density at radius 1 is 1.29 bits per heavy atom. The Morgan fingerprint density at radius 2 is 2.12 bits per heavy atom. The van der Waals surface area contributed by atoms with Crippen molar-refractivity contribution in [1.82, 2.24) is 15.3 Å². The first-order valence-electron chi connectivity index (χ1n) is 8.17. The van der Waals surface area contributed by atoms with Crippen LogP contribution in [0.25, 0.3) is 0 Å². The molecule has 1 aliphatic rings. The van der Waals surface area contributed by atoms with E-state index in [1.165, 1.54) is 5.56 Å². The highest BCUT2D eigenvalue weighted by Crippen LogP contribution is 2.19. The lowest BCUT2D eigenvalue weighted by atomic mass is 10.1. The standard InChI is InChI=1S/C18H22N4O2/c1-12-10-16(17(23)21-14-6-7-14)22-18(20-12)19-9-8-13-4-3-5-15(11-13)24-2/h3-5,10-11,14H,6-9H2,1-2H3,(H,21,23)(H,19,20,22). The Hall–Kier alpha value is -2.63. The average Bonchev–Trinajstić information content (AvgIpc) is 3.38. The molecular formula is C18H22N4O2. The maximum absolute atomic E-state index is 12.1. The number of carbonyl (C=O) groups excluding carboxylic acids is 1. The van der Waals surface area contributed by atoms with Crippen LogP contribution >= 0.6 is 0 Å². The maximum atomic E-state index is 12.1. The molecule has 0 spiro atoms. The molecule has 0 unspecified atom stereocenters. The van der Waals surface area contributed by atoms with Gasteiger partial charge in [-0.25, -0.2) is 9.97 Å². The van der Waals surface area contributed by atoms with E-state index in [2.05, 4.69) is 26.7 Å². The third kappa shape index (κ3) is 4.44. The first-order chi connectivity index (χ1) is 11.6. The zero-order valence-corrected chi connectivity index (χ0v) is 14.0. The van der Waals surface area contributed by atoms with Crippen LogP contribution in [0.5, 0.6) is 5.75 Å². The van der Waals surface area contributed by atoms with Crippen molar-refractivity contribution in [3.05, 3.63) is 47.3 Å². The number of rotatable bonds is 7. The first-order valence-corrected chi connectivity index (χ1v) is 8.17. The van der Waals surface area contributed by atoms with E-state index < -0.39 is 0 Å². The Bertz CT molecular complexity index is 729. The Kier molecular flexibility index (Phi) is 4.93. The number of ether oxygens (including phenoxy) is 1. The minimum Gasteiger partial charge on any atom is -0.497 e. The van der Waals surface area contributed by atoms with Gasteiger partial charge in [0.2, 0.25) is 5.95 Å². The number of benzene rings is 1. The van der Waals surface area contributed by atoms with E-state index in [9.17, 15) is 4.79 Å². The van der Waals surface area contributed by atoms with E-state index in [1.54, 1.807) is 13.2 Å². The summed E-state index contributed by atoms with van der Waals surface area (Å²) in [5.74, 6) is 1.20. The van der Waals surface area contributed by atoms with E-state index >= 15 is 0 Å². The van der Waals surface area contributed by atoms with Crippen molar-refractivity contribution in [1.29, 1.82) is 0 Å². The summed E-state index contributed by atoms with van der Waals surface area (Å²) < 4.78 is 5.22. The normalized spacial score (nSPS) is 13.4. The summed E-state index contributed by atoms with van der Waals surface area (Å²) in [5, 5.41) is 6.14. The number of nitrogens with zero attached hydrogens (tertiary/aromatic N) is 2. The van der Waals surface area contributed by atoms with Crippen molar-refractivity contribution in [2.75, 3.05) is 19.0 Å². The van der Waals surface area contributed by atoms with Crippen LogP contribution < -0.4 is 15.4 Å². The lowest BCUT2D eigenvalue weighted by Gasteiger charge is -2.09. The van der Waals surface area contributed by atoms with Gasteiger partial charge in [0.25, 0.3) is 5.91 Å². The predicted octanol–water partition coefficient (Wildman–Crippen LogP) is 2.34. The molecule has 126 valence electrons. The molecule has 24 heavy (non-hydrogen) atoms. The monoisotopic (exact) mass is 326 g/mol. The third-order valence-corrected chi connectivity index (χ3v) is 3.83. The van der Waals surface area contributed by atoms with Crippen LogP contribution in [-0.2, 0) is 6.42 Å². The highest BCUT2D eigenvalue weighted by molar-refractivity contribution is 5.93. The molecule has 6 heteroatoms. The molecule has 2 N–H and O–H groups in total. The van der Waals surface area contributed by atoms with Gasteiger partial charge in [-0.05, 0) is 49.9 Å². The van der Waals surface area contributed by atoms with Crippen molar-refractivity contribution < 1.29 is 9.53 Å². The molecular weight excluding hydrogens is 304 g/mol. The maximum Gasteiger partial charge on any atom is 0.270 e. The van der Waals surface area contributed by atoms with Crippen molar-refractivity contribution in [3.8, 4) is 5.75 Å². The first kappa shape index (κ1) is 16.2. The molecule has 0 atom stereocenters. The number of methoxy groups -OCH3 is 1. The lowest BCUT2D eigenvalue weighted by Crippen LogP contribution is -2.27. The molecule has 1 heterocycles. The number of aryl methyl sites for hydroxylation is 1. The van der Waals surface area contributed by atoms with E-state index in [0.29, 0.717) is 24.2 Å². The topological polar surface area (TPSA) is 76.1 Å². The van der Waals surface area contributed by atoms with Crippen molar-refractivity contribution in [2.45, 2.75) is 32.2 Å². The van der Waals surface area contributed by atoms with Crippen LogP contribution in [0.2, 0.25) is 0 Å². The van der Waals surface area contributed by atoms with E-state index in [-0.39, 0.29) is 5.91 Å². The Labute approximate surface area is 141 Å². The molecule has 1 fully saturated rings. The van der Waals surface area contributed by atoms with Crippen molar-refractivity contribution in [2.24, 2.45) is 0 Å². The molecule has 0 radical (unpaired) electrons. The molecule has 2 aromatic rings. The zero-order valence-electron chi connectivity index (χ0n) is 14.0. The molecule has 0 bridgehead atoms. The summed E-state index contributed by atoms with van der Waals surface area (Å²) in [6.45, 7) is 2.54.